The highest BCUT2D eigenvalue weighted by atomic mass is 35.5. The highest BCUT2D eigenvalue weighted by molar-refractivity contribution is 6.31. The maximum Gasteiger partial charge on any atom is 0.246 e. The molecule has 2 aromatic heterocycles. The summed E-state index contributed by atoms with van der Waals surface area (Å²) in [6.07, 6.45) is 3.55. The lowest BCUT2D eigenvalue weighted by Crippen LogP contribution is -2.48. The molecule has 35 heavy (non-hydrogen) atoms. The number of nitrogens with zero attached hydrogens (tertiary/aromatic N) is 6. The van der Waals surface area contributed by atoms with Crippen molar-refractivity contribution in [2.45, 2.75) is 47.1 Å². The second-order valence-electron chi connectivity index (χ2n) is 9.36. The van der Waals surface area contributed by atoms with Gasteiger partial charge in [-0.2, -0.15) is 5.10 Å². The monoisotopic (exact) mass is 492 g/mol. The highest BCUT2D eigenvalue weighted by Crippen LogP contribution is 2.21. The van der Waals surface area contributed by atoms with Crippen LogP contribution in [-0.2, 0) is 11.3 Å². The average molecular weight is 493 g/mol. The van der Waals surface area contributed by atoms with E-state index < -0.39 is 0 Å². The van der Waals surface area contributed by atoms with Crippen molar-refractivity contribution in [1.29, 1.82) is 0 Å². The van der Waals surface area contributed by atoms with Gasteiger partial charge in [-0.05, 0) is 38.5 Å². The normalized spacial score (nSPS) is 14.4. The molecule has 0 aliphatic carbocycles. The van der Waals surface area contributed by atoms with Crippen LogP contribution < -0.4 is 4.90 Å². The van der Waals surface area contributed by atoms with E-state index in [4.69, 9.17) is 16.6 Å². The highest BCUT2D eigenvalue weighted by Gasteiger charge is 2.22. The van der Waals surface area contributed by atoms with Crippen LogP contribution in [-0.4, -0.2) is 56.7 Å². The molecule has 3 heterocycles. The number of hydrogen-bond donors (Lipinski definition) is 0. The van der Waals surface area contributed by atoms with Gasteiger partial charge in [0.15, 0.2) is 0 Å². The molecule has 1 aliphatic rings. The molecule has 0 radical (unpaired) electrons. The topological polar surface area (TPSA) is 67.2 Å². The van der Waals surface area contributed by atoms with Gasteiger partial charge in [-0.1, -0.05) is 43.6 Å². The van der Waals surface area contributed by atoms with Gasteiger partial charge < -0.3 is 9.80 Å². The summed E-state index contributed by atoms with van der Waals surface area (Å²) in [7, 11) is 0. The van der Waals surface area contributed by atoms with E-state index in [2.05, 4.69) is 28.8 Å². The third-order valence-corrected chi connectivity index (χ3v) is 6.77. The van der Waals surface area contributed by atoms with Gasteiger partial charge in [-0.3, -0.25) is 9.48 Å². The van der Waals surface area contributed by atoms with Gasteiger partial charge >= 0.3 is 0 Å². The lowest BCUT2D eigenvalue weighted by atomic mass is 10.1. The van der Waals surface area contributed by atoms with Crippen LogP contribution in [0.5, 0.6) is 0 Å². The number of aryl methyl sites for hydroxylation is 2. The maximum atomic E-state index is 12.9. The zero-order valence-electron chi connectivity index (χ0n) is 21.1. The third kappa shape index (κ3) is 5.73. The van der Waals surface area contributed by atoms with Crippen LogP contribution in [0.25, 0.3) is 6.08 Å². The predicted octanol–water partition coefficient (Wildman–Crippen LogP) is 4.79. The van der Waals surface area contributed by atoms with E-state index >= 15 is 0 Å². The van der Waals surface area contributed by atoms with Crippen molar-refractivity contribution in [3.05, 3.63) is 75.5 Å². The summed E-state index contributed by atoms with van der Waals surface area (Å²) in [6, 6.07) is 9.81. The summed E-state index contributed by atoms with van der Waals surface area (Å²) in [5, 5.41) is 5.40. The molecule has 1 amide bonds. The quantitative estimate of drug-likeness (QED) is 0.463. The molecule has 0 N–H and O–H groups in total. The molecule has 8 heteroatoms. The number of hydrogen-bond acceptors (Lipinski definition) is 5. The zero-order chi connectivity index (χ0) is 25.1. The standard InChI is InChI=1S/C27H33ClN6O/c1-18(2)27-29-19(3)16-25(30-27)32-12-14-33(15-13-32)26(35)11-10-23-20(4)31-34(21(23)5)17-22-8-6-7-9-24(22)28/h6-11,16,18H,12-15,17H2,1-5H3/b11-10+. The third-order valence-electron chi connectivity index (χ3n) is 6.40. The van der Waals surface area contributed by atoms with E-state index in [-0.39, 0.29) is 11.8 Å². The van der Waals surface area contributed by atoms with Crippen LogP contribution in [0.1, 0.15) is 53.8 Å². The molecule has 0 atom stereocenters. The van der Waals surface area contributed by atoms with E-state index in [0.29, 0.717) is 19.6 Å². The Morgan fingerprint density at radius 3 is 2.49 bits per heavy atom. The Bertz CT molecular complexity index is 1240. The van der Waals surface area contributed by atoms with Gasteiger partial charge in [-0.15, -0.1) is 0 Å². The van der Waals surface area contributed by atoms with Crippen molar-refractivity contribution in [2.75, 3.05) is 31.1 Å². The van der Waals surface area contributed by atoms with Crippen molar-refractivity contribution in [3.63, 3.8) is 0 Å². The number of benzene rings is 1. The largest absolute Gasteiger partial charge is 0.353 e. The van der Waals surface area contributed by atoms with Crippen LogP contribution in [0.15, 0.2) is 36.4 Å². The molecule has 0 spiro atoms. The van der Waals surface area contributed by atoms with E-state index in [0.717, 1.165) is 58.0 Å². The number of aromatic nitrogens is 4. The second kappa shape index (κ2) is 10.6. The molecule has 1 aromatic carbocycles. The van der Waals surface area contributed by atoms with Crippen molar-refractivity contribution >= 4 is 29.4 Å². The average Bonchev–Trinajstić information content (AvgIpc) is 3.10. The van der Waals surface area contributed by atoms with Crippen LogP contribution >= 0.6 is 11.6 Å². The van der Waals surface area contributed by atoms with Gasteiger partial charge in [0.05, 0.1) is 12.2 Å². The fourth-order valence-electron chi connectivity index (χ4n) is 4.30. The Hall–Kier alpha value is -3.19. The Kier molecular flexibility index (Phi) is 7.55. The van der Waals surface area contributed by atoms with Crippen LogP contribution in [0, 0.1) is 20.8 Å². The van der Waals surface area contributed by atoms with Crippen molar-refractivity contribution < 1.29 is 4.79 Å². The van der Waals surface area contributed by atoms with E-state index in [1.165, 1.54) is 0 Å². The summed E-state index contributed by atoms with van der Waals surface area (Å²) >= 11 is 6.32. The lowest BCUT2D eigenvalue weighted by molar-refractivity contribution is -0.126. The first kappa shape index (κ1) is 24.9. The molecule has 0 saturated carbocycles. The van der Waals surface area contributed by atoms with Crippen molar-refractivity contribution in [2.24, 2.45) is 0 Å². The first-order chi connectivity index (χ1) is 16.7. The van der Waals surface area contributed by atoms with E-state index in [1.54, 1.807) is 6.08 Å². The van der Waals surface area contributed by atoms with Crippen LogP contribution in [0.4, 0.5) is 5.82 Å². The molecule has 7 nitrogen and oxygen atoms in total. The summed E-state index contributed by atoms with van der Waals surface area (Å²) in [4.78, 5) is 26.3. The Morgan fingerprint density at radius 1 is 1.09 bits per heavy atom. The SMILES string of the molecule is Cc1cc(N2CCN(C(=O)/C=C/c3c(C)nn(Cc4ccccc4Cl)c3C)CC2)nc(C(C)C)n1. The molecule has 4 rings (SSSR count). The molecule has 0 unspecified atom stereocenters. The summed E-state index contributed by atoms with van der Waals surface area (Å²) < 4.78 is 1.94. The number of carbonyl (C=O) groups is 1. The zero-order valence-corrected chi connectivity index (χ0v) is 21.9. The maximum absolute atomic E-state index is 12.9. The van der Waals surface area contributed by atoms with E-state index in [9.17, 15) is 4.79 Å². The first-order valence-corrected chi connectivity index (χ1v) is 12.5. The molecular formula is C27H33ClN6O. The summed E-state index contributed by atoms with van der Waals surface area (Å²) in [6.45, 7) is 13.6. The Balaban J connectivity index is 1.40. The minimum Gasteiger partial charge on any atom is -0.353 e. The fraction of sp³-hybridized carbons (Fsp3) is 0.407. The second-order valence-corrected chi connectivity index (χ2v) is 9.77. The van der Waals surface area contributed by atoms with Crippen LogP contribution in [0.3, 0.4) is 0 Å². The van der Waals surface area contributed by atoms with Crippen molar-refractivity contribution in [1.82, 2.24) is 24.6 Å². The van der Waals surface area contributed by atoms with Gasteiger partial charge in [0.2, 0.25) is 5.91 Å². The van der Waals surface area contributed by atoms with Crippen molar-refractivity contribution in [3.8, 4) is 0 Å². The van der Waals surface area contributed by atoms with Gasteiger partial charge in [0, 0.05) is 66.2 Å². The summed E-state index contributed by atoms with van der Waals surface area (Å²) in [5.74, 6) is 2.11. The van der Waals surface area contributed by atoms with E-state index in [1.807, 2.05) is 66.8 Å². The number of carbonyl (C=O) groups excluding carboxylic acids is 1. The fourth-order valence-corrected chi connectivity index (χ4v) is 4.50. The van der Waals surface area contributed by atoms with Gasteiger partial charge in [0.1, 0.15) is 11.6 Å². The number of rotatable bonds is 6. The molecule has 1 aliphatic heterocycles. The molecule has 1 fully saturated rings. The minimum atomic E-state index is 0.0176. The van der Waals surface area contributed by atoms with Gasteiger partial charge in [-0.25, -0.2) is 9.97 Å². The number of amides is 1. The summed E-state index contributed by atoms with van der Waals surface area (Å²) in [5.41, 5.74) is 4.87. The predicted molar refractivity (Wildman–Crippen MR) is 141 cm³/mol. The molecule has 0 bridgehead atoms. The molecule has 1 saturated heterocycles. The molecule has 3 aromatic rings. The lowest BCUT2D eigenvalue weighted by Gasteiger charge is -2.35. The van der Waals surface area contributed by atoms with Crippen LogP contribution in [0.2, 0.25) is 5.02 Å². The number of anilines is 1. The number of halogens is 1. The minimum absolute atomic E-state index is 0.0176. The Labute approximate surface area is 212 Å². The Morgan fingerprint density at radius 2 is 1.80 bits per heavy atom. The van der Waals surface area contributed by atoms with Gasteiger partial charge in [0.25, 0.3) is 0 Å². The molecular weight excluding hydrogens is 460 g/mol. The molecule has 184 valence electrons. The number of piperazine rings is 1. The first-order valence-electron chi connectivity index (χ1n) is 12.1. The smallest absolute Gasteiger partial charge is 0.246 e.